The van der Waals surface area contributed by atoms with Gasteiger partial charge in [0.25, 0.3) is 0 Å². The molecule has 1 aliphatic carbocycles. The number of carbonyl (C=O) groups excluding carboxylic acids is 1. The van der Waals surface area contributed by atoms with Crippen LogP contribution in [0.3, 0.4) is 0 Å². The summed E-state index contributed by atoms with van der Waals surface area (Å²) in [6.07, 6.45) is 6.81. The SMILES string of the molecule is CC(C)C/C=C1\[CH]CCC1=O. The van der Waals surface area contributed by atoms with Crippen molar-refractivity contribution in [1.29, 1.82) is 0 Å². The van der Waals surface area contributed by atoms with Crippen LogP contribution in [0, 0.1) is 12.3 Å². The Balaban J connectivity index is 2.45. The molecule has 1 saturated carbocycles. The van der Waals surface area contributed by atoms with Gasteiger partial charge in [0.05, 0.1) is 0 Å². The fourth-order valence-corrected chi connectivity index (χ4v) is 1.18. The van der Waals surface area contributed by atoms with E-state index >= 15 is 0 Å². The lowest BCUT2D eigenvalue weighted by atomic mass is 10.1. The number of hydrogen-bond acceptors (Lipinski definition) is 1. The van der Waals surface area contributed by atoms with Crippen molar-refractivity contribution in [2.75, 3.05) is 0 Å². The molecule has 0 unspecified atom stereocenters. The Bertz CT molecular complexity index is 177. The summed E-state index contributed by atoms with van der Waals surface area (Å²) in [5.41, 5.74) is 0.957. The van der Waals surface area contributed by atoms with Gasteiger partial charge >= 0.3 is 0 Å². The van der Waals surface area contributed by atoms with Crippen molar-refractivity contribution in [1.82, 2.24) is 0 Å². The largest absolute Gasteiger partial charge is 0.295 e. The molecule has 0 aromatic carbocycles. The van der Waals surface area contributed by atoms with Gasteiger partial charge in [-0.1, -0.05) is 19.9 Å². The van der Waals surface area contributed by atoms with Crippen LogP contribution >= 0.6 is 0 Å². The minimum absolute atomic E-state index is 0.325. The third-order valence-electron chi connectivity index (χ3n) is 1.87. The average molecular weight is 151 g/mol. The highest BCUT2D eigenvalue weighted by Gasteiger charge is 2.16. The van der Waals surface area contributed by atoms with Crippen molar-refractivity contribution < 1.29 is 4.79 Å². The van der Waals surface area contributed by atoms with Gasteiger partial charge in [0.1, 0.15) is 0 Å². The lowest BCUT2D eigenvalue weighted by molar-refractivity contribution is -0.114. The quantitative estimate of drug-likeness (QED) is 0.554. The number of Topliss-reactive ketones (excluding diaryl/α,β-unsaturated/α-hetero) is 1. The number of rotatable bonds is 2. The summed E-state index contributed by atoms with van der Waals surface area (Å²) < 4.78 is 0. The van der Waals surface area contributed by atoms with Crippen LogP contribution in [0.15, 0.2) is 11.6 Å². The fourth-order valence-electron chi connectivity index (χ4n) is 1.18. The van der Waals surface area contributed by atoms with Gasteiger partial charge in [0.15, 0.2) is 5.78 Å². The van der Waals surface area contributed by atoms with Crippen LogP contribution in [-0.4, -0.2) is 5.78 Å². The van der Waals surface area contributed by atoms with E-state index in [1.807, 2.05) is 6.42 Å². The first-order valence-electron chi connectivity index (χ1n) is 4.26. The van der Waals surface area contributed by atoms with Crippen molar-refractivity contribution in [2.45, 2.75) is 33.1 Å². The Hall–Kier alpha value is -0.590. The number of hydrogen-bond donors (Lipinski definition) is 0. The molecule has 0 aromatic heterocycles. The predicted octanol–water partition coefficient (Wildman–Crippen LogP) is 2.53. The maximum absolute atomic E-state index is 11.1. The Kier molecular flexibility index (Phi) is 2.86. The van der Waals surface area contributed by atoms with E-state index in [-0.39, 0.29) is 0 Å². The van der Waals surface area contributed by atoms with Crippen LogP contribution < -0.4 is 0 Å². The molecular formula is C10H15O. The third kappa shape index (κ3) is 2.49. The van der Waals surface area contributed by atoms with Crippen molar-refractivity contribution >= 4 is 5.78 Å². The van der Waals surface area contributed by atoms with E-state index in [9.17, 15) is 4.79 Å². The van der Waals surface area contributed by atoms with Gasteiger partial charge in [-0.15, -0.1) is 0 Å². The van der Waals surface area contributed by atoms with Crippen molar-refractivity contribution in [3.05, 3.63) is 18.1 Å². The minimum atomic E-state index is 0.325. The second-order valence-corrected chi connectivity index (χ2v) is 3.45. The Morgan fingerprint density at radius 1 is 1.64 bits per heavy atom. The first-order chi connectivity index (χ1) is 5.20. The summed E-state index contributed by atoms with van der Waals surface area (Å²) in [7, 11) is 0. The van der Waals surface area contributed by atoms with Crippen molar-refractivity contribution in [3.63, 3.8) is 0 Å². The maximum atomic E-state index is 11.1. The van der Waals surface area contributed by atoms with Gasteiger partial charge < -0.3 is 0 Å². The zero-order chi connectivity index (χ0) is 8.27. The molecular weight excluding hydrogens is 136 g/mol. The molecule has 0 aromatic rings. The number of ketones is 1. The smallest absolute Gasteiger partial charge is 0.158 e. The summed E-state index contributed by atoms with van der Waals surface area (Å²) in [6.45, 7) is 4.33. The van der Waals surface area contributed by atoms with Gasteiger partial charge in [-0.05, 0) is 30.8 Å². The lowest BCUT2D eigenvalue weighted by Gasteiger charge is -1.98. The molecule has 11 heavy (non-hydrogen) atoms. The average Bonchev–Trinajstić information content (AvgIpc) is 2.31. The molecule has 0 heterocycles. The first kappa shape index (κ1) is 8.51. The highest BCUT2D eigenvalue weighted by atomic mass is 16.1. The molecule has 1 fully saturated rings. The third-order valence-corrected chi connectivity index (χ3v) is 1.87. The topological polar surface area (TPSA) is 17.1 Å². The molecule has 0 amide bonds. The summed E-state index contributed by atoms with van der Waals surface area (Å²) >= 11 is 0. The molecule has 0 bridgehead atoms. The Morgan fingerprint density at radius 2 is 2.36 bits per heavy atom. The van der Waals surface area contributed by atoms with E-state index in [0.29, 0.717) is 11.7 Å². The van der Waals surface area contributed by atoms with Crippen LogP contribution in [0.5, 0.6) is 0 Å². The lowest BCUT2D eigenvalue weighted by Crippen LogP contribution is -1.93. The summed E-state index contributed by atoms with van der Waals surface area (Å²) in [5, 5.41) is 0. The Labute approximate surface area is 68.5 Å². The number of carbonyl (C=O) groups is 1. The molecule has 0 saturated heterocycles. The van der Waals surface area contributed by atoms with E-state index in [1.165, 1.54) is 0 Å². The van der Waals surface area contributed by atoms with Crippen molar-refractivity contribution in [3.8, 4) is 0 Å². The zero-order valence-corrected chi connectivity index (χ0v) is 7.26. The standard InChI is InChI=1S/C10H15O/c1-8(2)6-7-9-4-3-5-10(9)11/h4,7-8H,3,5-6H2,1-2H3/b9-7+. The van der Waals surface area contributed by atoms with E-state index < -0.39 is 0 Å². The first-order valence-corrected chi connectivity index (χ1v) is 4.26. The Morgan fingerprint density at radius 3 is 2.82 bits per heavy atom. The normalized spacial score (nSPS) is 22.1. The second kappa shape index (κ2) is 3.70. The van der Waals surface area contributed by atoms with E-state index in [1.54, 1.807) is 0 Å². The van der Waals surface area contributed by atoms with E-state index in [0.717, 1.165) is 24.8 Å². The van der Waals surface area contributed by atoms with Gasteiger partial charge in [-0.25, -0.2) is 0 Å². The molecule has 1 aliphatic rings. The van der Waals surface area contributed by atoms with E-state index in [2.05, 4.69) is 19.9 Å². The molecule has 1 radical (unpaired) electrons. The van der Waals surface area contributed by atoms with Crippen LogP contribution in [0.25, 0.3) is 0 Å². The van der Waals surface area contributed by atoms with E-state index in [4.69, 9.17) is 0 Å². The summed E-state index contributed by atoms with van der Waals surface area (Å²) in [6, 6.07) is 0. The predicted molar refractivity (Wildman–Crippen MR) is 46.1 cm³/mol. The van der Waals surface area contributed by atoms with Crippen LogP contribution in [0.2, 0.25) is 0 Å². The summed E-state index contributed by atoms with van der Waals surface area (Å²) in [4.78, 5) is 11.1. The van der Waals surface area contributed by atoms with Crippen LogP contribution in [0.4, 0.5) is 0 Å². The van der Waals surface area contributed by atoms with Gasteiger partial charge in [0.2, 0.25) is 0 Å². The molecule has 1 heteroatoms. The molecule has 0 N–H and O–H groups in total. The monoisotopic (exact) mass is 151 g/mol. The molecule has 0 spiro atoms. The maximum Gasteiger partial charge on any atom is 0.158 e. The van der Waals surface area contributed by atoms with Crippen LogP contribution in [-0.2, 0) is 4.79 Å². The molecule has 0 atom stereocenters. The highest BCUT2D eigenvalue weighted by Crippen LogP contribution is 2.20. The minimum Gasteiger partial charge on any atom is -0.295 e. The van der Waals surface area contributed by atoms with Crippen molar-refractivity contribution in [2.24, 2.45) is 5.92 Å². The second-order valence-electron chi connectivity index (χ2n) is 3.45. The zero-order valence-electron chi connectivity index (χ0n) is 7.26. The molecule has 1 nitrogen and oxygen atoms in total. The number of allylic oxidation sites excluding steroid dienone is 2. The highest BCUT2D eigenvalue weighted by molar-refractivity contribution is 5.99. The van der Waals surface area contributed by atoms with Gasteiger partial charge in [0, 0.05) is 6.42 Å². The molecule has 61 valence electrons. The van der Waals surface area contributed by atoms with Gasteiger partial charge in [-0.3, -0.25) is 4.79 Å². The summed E-state index contributed by atoms with van der Waals surface area (Å²) in [5.74, 6) is 0.981. The fraction of sp³-hybridized carbons (Fsp3) is 0.600. The molecule has 0 aliphatic heterocycles. The molecule has 1 rings (SSSR count). The van der Waals surface area contributed by atoms with Crippen LogP contribution in [0.1, 0.15) is 33.1 Å². The van der Waals surface area contributed by atoms with Gasteiger partial charge in [-0.2, -0.15) is 0 Å².